The molecule has 2 atom stereocenters. The molecule has 0 bridgehead atoms. The fourth-order valence-electron chi connectivity index (χ4n) is 2.05. The maximum atomic E-state index is 8.62. The van der Waals surface area contributed by atoms with Gasteiger partial charge in [-0.2, -0.15) is 0 Å². The third-order valence-electron chi connectivity index (χ3n) is 2.88. The molecule has 3 nitrogen and oxygen atoms in total. The van der Waals surface area contributed by atoms with Crippen LogP contribution in [-0.2, 0) is 0 Å². The minimum absolute atomic E-state index is 0.320. The Labute approximate surface area is 87.3 Å². The van der Waals surface area contributed by atoms with Crippen molar-refractivity contribution in [1.82, 2.24) is 10.6 Å². The Kier molecular flexibility index (Phi) is 6.15. The molecule has 1 fully saturated rings. The smallest absolute Gasteiger partial charge is 0.0431 e. The highest BCUT2D eigenvalue weighted by atomic mass is 16.2. The standard InChI is InChI=1S/C11H24N2O/c1-10(12-6-2-3-8-14)9-11-5-4-7-13-11/h10-14H,2-9H2,1H3. The molecule has 3 heteroatoms. The zero-order valence-electron chi connectivity index (χ0n) is 9.26. The molecule has 0 aliphatic carbocycles. The van der Waals surface area contributed by atoms with Gasteiger partial charge in [-0.25, -0.2) is 0 Å². The van der Waals surface area contributed by atoms with Gasteiger partial charge in [0.05, 0.1) is 0 Å². The minimum atomic E-state index is 0.320. The number of aliphatic hydroxyl groups is 1. The maximum absolute atomic E-state index is 8.62. The summed E-state index contributed by atoms with van der Waals surface area (Å²) in [5.41, 5.74) is 0. The average Bonchev–Trinajstić information content (AvgIpc) is 2.65. The molecule has 1 aliphatic rings. The second kappa shape index (κ2) is 7.21. The highest BCUT2D eigenvalue weighted by Gasteiger charge is 2.16. The summed E-state index contributed by atoms with van der Waals surface area (Å²) in [5, 5.41) is 15.6. The van der Waals surface area contributed by atoms with E-state index >= 15 is 0 Å². The molecule has 0 aromatic rings. The molecule has 1 saturated heterocycles. The SMILES string of the molecule is CC(CC1CCCN1)NCCCCO. The first-order valence-electron chi connectivity index (χ1n) is 5.90. The van der Waals surface area contributed by atoms with Crippen LogP contribution in [0.4, 0.5) is 0 Å². The van der Waals surface area contributed by atoms with Crippen molar-refractivity contribution >= 4 is 0 Å². The molecule has 0 saturated carbocycles. The van der Waals surface area contributed by atoms with Crippen molar-refractivity contribution in [3.05, 3.63) is 0 Å². The van der Waals surface area contributed by atoms with E-state index in [1.807, 2.05) is 0 Å². The van der Waals surface area contributed by atoms with Gasteiger partial charge < -0.3 is 15.7 Å². The number of unbranched alkanes of at least 4 members (excludes halogenated alkanes) is 1. The molecule has 1 aliphatic heterocycles. The van der Waals surface area contributed by atoms with E-state index in [0.717, 1.165) is 25.4 Å². The van der Waals surface area contributed by atoms with Crippen LogP contribution in [0.2, 0.25) is 0 Å². The highest BCUT2D eigenvalue weighted by Crippen LogP contribution is 2.10. The summed E-state index contributed by atoms with van der Waals surface area (Å²) < 4.78 is 0. The fourth-order valence-corrected chi connectivity index (χ4v) is 2.05. The van der Waals surface area contributed by atoms with Gasteiger partial charge in [0.1, 0.15) is 0 Å². The van der Waals surface area contributed by atoms with E-state index in [9.17, 15) is 0 Å². The Hall–Kier alpha value is -0.120. The molecule has 0 amide bonds. The topological polar surface area (TPSA) is 44.3 Å². The number of hydrogen-bond donors (Lipinski definition) is 3. The maximum Gasteiger partial charge on any atom is 0.0431 e. The number of hydrogen-bond acceptors (Lipinski definition) is 3. The van der Waals surface area contributed by atoms with E-state index in [1.54, 1.807) is 0 Å². The predicted octanol–water partition coefficient (Wildman–Crippen LogP) is 0.879. The van der Waals surface area contributed by atoms with Gasteiger partial charge in [-0.1, -0.05) is 0 Å². The largest absolute Gasteiger partial charge is 0.396 e. The van der Waals surface area contributed by atoms with Crippen LogP contribution >= 0.6 is 0 Å². The fraction of sp³-hybridized carbons (Fsp3) is 1.00. The summed E-state index contributed by atoms with van der Waals surface area (Å²) in [4.78, 5) is 0. The van der Waals surface area contributed by atoms with Gasteiger partial charge in [-0.05, 0) is 52.1 Å². The van der Waals surface area contributed by atoms with Crippen LogP contribution in [0.15, 0.2) is 0 Å². The van der Waals surface area contributed by atoms with Gasteiger partial charge in [0.15, 0.2) is 0 Å². The Balaban J connectivity index is 1.95. The van der Waals surface area contributed by atoms with Crippen LogP contribution in [0.3, 0.4) is 0 Å². The monoisotopic (exact) mass is 200 g/mol. The number of rotatable bonds is 7. The predicted molar refractivity (Wildman–Crippen MR) is 59.4 cm³/mol. The third-order valence-corrected chi connectivity index (χ3v) is 2.88. The Bertz CT molecular complexity index is 135. The van der Waals surface area contributed by atoms with Crippen LogP contribution in [-0.4, -0.2) is 36.9 Å². The lowest BCUT2D eigenvalue weighted by atomic mass is 10.1. The van der Waals surface area contributed by atoms with Crippen molar-refractivity contribution < 1.29 is 5.11 Å². The second-order valence-electron chi connectivity index (χ2n) is 4.31. The van der Waals surface area contributed by atoms with Crippen molar-refractivity contribution in [2.24, 2.45) is 0 Å². The molecule has 0 radical (unpaired) electrons. The first kappa shape index (κ1) is 12.0. The van der Waals surface area contributed by atoms with Crippen LogP contribution in [0.5, 0.6) is 0 Å². The quantitative estimate of drug-likeness (QED) is 0.535. The van der Waals surface area contributed by atoms with Gasteiger partial charge in [-0.15, -0.1) is 0 Å². The van der Waals surface area contributed by atoms with Gasteiger partial charge in [0.2, 0.25) is 0 Å². The van der Waals surface area contributed by atoms with Gasteiger partial charge in [0.25, 0.3) is 0 Å². The van der Waals surface area contributed by atoms with E-state index in [2.05, 4.69) is 17.6 Å². The van der Waals surface area contributed by atoms with E-state index in [1.165, 1.54) is 25.8 Å². The summed E-state index contributed by atoms with van der Waals surface area (Å²) in [7, 11) is 0. The van der Waals surface area contributed by atoms with Crippen LogP contribution < -0.4 is 10.6 Å². The third kappa shape index (κ3) is 4.94. The summed E-state index contributed by atoms with van der Waals surface area (Å²) in [6.45, 7) is 4.80. The average molecular weight is 200 g/mol. The van der Waals surface area contributed by atoms with Gasteiger partial charge >= 0.3 is 0 Å². The highest BCUT2D eigenvalue weighted by molar-refractivity contribution is 4.78. The summed E-state index contributed by atoms with van der Waals surface area (Å²) in [6.07, 6.45) is 5.91. The molecular formula is C11H24N2O. The lowest BCUT2D eigenvalue weighted by molar-refractivity contribution is 0.282. The molecule has 1 heterocycles. The van der Waals surface area contributed by atoms with Crippen LogP contribution in [0.1, 0.15) is 39.0 Å². The Morgan fingerprint density at radius 2 is 2.36 bits per heavy atom. The molecule has 1 rings (SSSR count). The molecule has 14 heavy (non-hydrogen) atoms. The first-order chi connectivity index (χ1) is 6.83. The first-order valence-corrected chi connectivity index (χ1v) is 5.90. The normalized spacial score (nSPS) is 24.0. The molecule has 2 unspecified atom stereocenters. The summed E-state index contributed by atoms with van der Waals surface area (Å²) in [5.74, 6) is 0. The van der Waals surface area contributed by atoms with Crippen molar-refractivity contribution in [3.63, 3.8) is 0 Å². The molecular weight excluding hydrogens is 176 g/mol. The van der Waals surface area contributed by atoms with Crippen LogP contribution in [0.25, 0.3) is 0 Å². The molecule has 3 N–H and O–H groups in total. The lowest BCUT2D eigenvalue weighted by Gasteiger charge is -2.18. The molecule has 0 aromatic carbocycles. The van der Waals surface area contributed by atoms with Gasteiger partial charge in [-0.3, -0.25) is 0 Å². The number of aliphatic hydroxyl groups excluding tert-OH is 1. The minimum Gasteiger partial charge on any atom is -0.396 e. The van der Waals surface area contributed by atoms with Crippen molar-refractivity contribution in [2.45, 2.75) is 51.1 Å². The van der Waals surface area contributed by atoms with E-state index in [-0.39, 0.29) is 0 Å². The number of nitrogens with one attached hydrogen (secondary N) is 2. The van der Waals surface area contributed by atoms with E-state index in [4.69, 9.17) is 5.11 Å². The molecule has 84 valence electrons. The Morgan fingerprint density at radius 1 is 1.50 bits per heavy atom. The Morgan fingerprint density at radius 3 is 3.00 bits per heavy atom. The van der Waals surface area contributed by atoms with Crippen molar-refractivity contribution in [1.29, 1.82) is 0 Å². The van der Waals surface area contributed by atoms with E-state index in [0.29, 0.717) is 12.6 Å². The zero-order valence-corrected chi connectivity index (χ0v) is 9.26. The van der Waals surface area contributed by atoms with E-state index < -0.39 is 0 Å². The molecule has 0 aromatic heterocycles. The van der Waals surface area contributed by atoms with Crippen molar-refractivity contribution in [3.8, 4) is 0 Å². The van der Waals surface area contributed by atoms with Crippen LogP contribution in [0, 0.1) is 0 Å². The molecule has 0 spiro atoms. The van der Waals surface area contributed by atoms with Gasteiger partial charge in [0, 0.05) is 18.7 Å². The zero-order chi connectivity index (χ0) is 10.2. The summed E-state index contributed by atoms with van der Waals surface area (Å²) >= 11 is 0. The van der Waals surface area contributed by atoms with Crippen molar-refractivity contribution in [2.75, 3.05) is 19.7 Å². The lowest BCUT2D eigenvalue weighted by Crippen LogP contribution is -2.34. The second-order valence-corrected chi connectivity index (χ2v) is 4.31. The summed E-state index contributed by atoms with van der Waals surface area (Å²) in [6, 6.07) is 1.33.